The molecule has 0 spiro atoms. The maximum atomic E-state index is 12.4. The summed E-state index contributed by atoms with van der Waals surface area (Å²) in [5, 5.41) is 20.5. The highest BCUT2D eigenvalue weighted by molar-refractivity contribution is 7.99. The van der Waals surface area contributed by atoms with Crippen molar-refractivity contribution in [3.8, 4) is 17.1 Å². The van der Waals surface area contributed by atoms with E-state index in [1.54, 1.807) is 23.9 Å². The van der Waals surface area contributed by atoms with Crippen LogP contribution in [0.1, 0.15) is 32.1 Å². The molecular weight excluding hydrogens is 426 g/mol. The number of nitro benzene ring substituents is 1. The molecule has 0 saturated carbocycles. The summed E-state index contributed by atoms with van der Waals surface area (Å²) in [6.07, 6.45) is 4.74. The summed E-state index contributed by atoms with van der Waals surface area (Å²) < 4.78 is 1.96. The molecule has 9 heteroatoms. The smallest absolute Gasteiger partial charge is 0.269 e. The fourth-order valence-electron chi connectivity index (χ4n) is 3.78. The molecule has 1 aromatic heterocycles. The van der Waals surface area contributed by atoms with Crippen molar-refractivity contribution in [2.24, 2.45) is 0 Å². The van der Waals surface area contributed by atoms with E-state index in [2.05, 4.69) is 10.2 Å². The monoisotopic (exact) mass is 451 g/mol. The van der Waals surface area contributed by atoms with Crippen LogP contribution in [0, 0.1) is 10.1 Å². The van der Waals surface area contributed by atoms with Gasteiger partial charge < -0.3 is 4.90 Å². The maximum Gasteiger partial charge on any atom is 0.269 e. The van der Waals surface area contributed by atoms with Crippen LogP contribution in [-0.4, -0.2) is 49.3 Å². The second-order valence-corrected chi connectivity index (χ2v) is 8.74. The van der Waals surface area contributed by atoms with Gasteiger partial charge in [0.2, 0.25) is 5.91 Å². The topological polar surface area (TPSA) is 94.2 Å². The van der Waals surface area contributed by atoms with Crippen LogP contribution in [0.5, 0.6) is 0 Å². The van der Waals surface area contributed by atoms with Gasteiger partial charge in [-0.2, -0.15) is 0 Å². The molecule has 32 heavy (non-hydrogen) atoms. The van der Waals surface area contributed by atoms with Crippen molar-refractivity contribution < 1.29 is 9.72 Å². The third-order valence-electron chi connectivity index (χ3n) is 5.46. The molecule has 0 radical (unpaired) electrons. The highest BCUT2D eigenvalue weighted by Crippen LogP contribution is 2.29. The van der Waals surface area contributed by atoms with Crippen molar-refractivity contribution >= 4 is 23.4 Å². The lowest BCUT2D eigenvalue weighted by Gasteiger charge is -2.26. The molecule has 1 amide bonds. The predicted molar refractivity (Wildman–Crippen MR) is 124 cm³/mol. The first kappa shape index (κ1) is 22.0. The Morgan fingerprint density at radius 1 is 1.00 bits per heavy atom. The first-order chi connectivity index (χ1) is 15.6. The number of carbonyl (C=O) groups excluding carboxylic acids is 1. The minimum atomic E-state index is -0.418. The SMILES string of the molecule is O=C(CCCSc1nnc(-c2ccc([N+](=O)[O-])cc2)n1-c1ccccc1)N1CCCCC1. The third kappa shape index (κ3) is 5.16. The molecule has 1 aliphatic heterocycles. The molecule has 1 aliphatic rings. The number of hydrogen-bond donors (Lipinski definition) is 0. The number of carbonyl (C=O) groups is 1. The van der Waals surface area contributed by atoms with Crippen LogP contribution < -0.4 is 0 Å². The Kier molecular flexibility index (Phi) is 7.16. The molecule has 3 aromatic rings. The fraction of sp³-hybridized carbons (Fsp3) is 0.348. The van der Waals surface area contributed by atoms with Gasteiger partial charge in [-0.3, -0.25) is 19.5 Å². The van der Waals surface area contributed by atoms with Gasteiger partial charge in [0.05, 0.1) is 4.92 Å². The van der Waals surface area contributed by atoms with Crippen molar-refractivity contribution in [3.63, 3.8) is 0 Å². The second-order valence-electron chi connectivity index (χ2n) is 7.67. The van der Waals surface area contributed by atoms with Gasteiger partial charge in [-0.15, -0.1) is 10.2 Å². The Hall–Kier alpha value is -3.20. The number of non-ortho nitro benzene ring substituents is 1. The summed E-state index contributed by atoms with van der Waals surface area (Å²) in [6.45, 7) is 1.76. The molecule has 1 fully saturated rings. The first-order valence-corrected chi connectivity index (χ1v) is 11.8. The highest BCUT2D eigenvalue weighted by atomic mass is 32.2. The number of aromatic nitrogens is 3. The van der Waals surface area contributed by atoms with Gasteiger partial charge in [-0.1, -0.05) is 30.0 Å². The predicted octanol–water partition coefficient (Wildman–Crippen LogP) is 4.73. The van der Waals surface area contributed by atoms with E-state index in [1.165, 1.54) is 18.6 Å². The average Bonchev–Trinajstić information content (AvgIpc) is 3.26. The Morgan fingerprint density at radius 2 is 1.72 bits per heavy atom. The minimum Gasteiger partial charge on any atom is -0.343 e. The van der Waals surface area contributed by atoms with Gasteiger partial charge in [0.25, 0.3) is 5.69 Å². The van der Waals surface area contributed by atoms with E-state index in [1.807, 2.05) is 39.8 Å². The Bertz CT molecular complexity index is 1060. The normalized spacial score (nSPS) is 13.8. The quantitative estimate of drug-likeness (QED) is 0.213. The number of likely N-dealkylation sites (tertiary alicyclic amines) is 1. The summed E-state index contributed by atoms with van der Waals surface area (Å²) >= 11 is 1.56. The zero-order chi connectivity index (χ0) is 22.3. The van der Waals surface area contributed by atoms with E-state index in [-0.39, 0.29) is 11.6 Å². The van der Waals surface area contributed by atoms with Gasteiger partial charge in [-0.25, -0.2) is 0 Å². The number of hydrogen-bond acceptors (Lipinski definition) is 6. The standard InChI is InChI=1S/C23H25N5O3S/c29-21(26-15-5-2-6-16-26)10-7-17-32-23-25-24-22(27(23)19-8-3-1-4-9-19)18-11-13-20(14-12-18)28(30)31/h1,3-4,8-9,11-14H,2,5-7,10,15-17H2. The fourth-order valence-corrected chi connectivity index (χ4v) is 4.67. The molecule has 0 unspecified atom stereocenters. The number of para-hydroxylation sites is 1. The summed E-state index contributed by atoms with van der Waals surface area (Å²) in [5.74, 6) is 1.62. The lowest BCUT2D eigenvalue weighted by molar-refractivity contribution is -0.384. The molecule has 0 N–H and O–H groups in total. The number of nitrogens with zero attached hydrogens (tertiary/aromatic N) is 5. The van der Waals surface area contributed by atoms with Crippen molar-refractivity contribution in [1.82, 2.24) is 19.7 Å². The summed E-state index contributed by atoms with van der Waals surface area (Å²) in [5.41, 5.74) is 1.70. The average molecular weight is 452 g/mol. The van der Waals surface area contributed by atoms with E-state index in [0.29, 0.717) is 12.2 Å². The molecule has 2 heterocycles. The number of amides is 1. The van der Waals surface area contributed by atoms with Gasteiger partial charge in [0.15, 0.2) is 11.0 Å². The largest absolute Gasteiger partial charge is 0.343 e. The number of rotatable bonds is 8. The van der Waals surface area contributed by atoms with Crippen molar-refractivity contribution in [2.45, 2.75) is 37.3 Å². The lowest BCUT2D eigenvalue weighted by Crippen LogP contribution is -2.35. The molecule has 4 rings (SSSR count). The molecule has 0 bridgehead atoms. The van der Waals surface area contributed by atoms with Crippen molar-refractivity contribution in [2.75, 3.05) is 18.8 Å². The number of nitro groups is 1. The number of benzene rings is 2. The maximum absolute atomic E-state index is 12.4. The Labute approximate surface area is 190 Å². The van der Waals surface area contributed by atoms with Gasteiger partial charge in [0.1, 0.15) is 0 Å². The van der Waals surface area contributed by atoms with E-state index < -0.39 is 4.92 Å². The van der Waals surface area contributed by atoms with Crippen molar-refractivity contribution in [1.29, 1.82) is 0 Å². The molecule has 0 atom stereocenters. The van der Waals surface area contributed by atoms with Crippen LogP contribution >= 0.6 is 11.8 Å². The zero-order valence-electron chi connectivity index (χ0n) is 17.7. The third-order valence-corrected chi connectivity index (χ3v) is 6.47. The van der Waals surface area contributed by atoms with Crippen LogP contribution in [-0.2, 0) is 4.79 Å². The molecule has 166 valence electrons. The van der Waals surface area contributed by atoms with E-state index in [0.717, 1.165) is 54.5 Å². The van der Waals surface area contributed by atoms with E-state index >= 15 is 0 Å². The summed E-state index contributed by atoms with van der Waals surface area (Å²) in [6, 6.07) is 16.1. The van der Waals surface area contributed by atoms with Crippen LogP contribution in [0.25, 0.3) is 17.1 Å². The minimum absolute atomic E-state index is 0.0347. The Morgan fingerprint density at radius 3 is 2.41 bits per heavy atom. The van der Waals surface area contributed by atoms with E-state index in [4.69, 9.17) is 0 Å². The summed E-state index contributed by atoms with van der Waals surface area (Å²) in [4.78, 5) is 24.9. The summed E-state index contributed by atoms with van der Waals surface area (Å²) in [7, 11) is 0. The van der Waals surface area contributed by atoms with E-state index in [9.17, 15) is 14.9 Å². The number of piperidine rings is 1. The Balaban J connectivity index is 1.48. The molecule has 0 aliphatic carbocycles. The van der Waals surface area contributed by atoms with Gasteiger partial charge in [0, 0.05) is 48.6 Å². The van der Waals surface area contributed by atoms with Crippen molar-refractivity contribution in [3.05, 3.63) is 64.7 Å². The zero-order valence-corrected chi connectivity index (χ0v) is 18.5. The molecule has 2 aromatic carbocycles. The molecular formula is C23H25N5O3S. The highest BCUT2D eigenvalue weighted by Gasteiger charge is 2.18. The van der Waals surface area contributed by atoms with Crippen LogP contribution in [0.2, 0.25) is 0 Å². The second kappa shape index (κ2) is 10.4. The molecule has 1 saturated heterocycles. The molecule has 8 nitrogen and oxygen atoms in total. The van der Waals surface area contributed by atoms with Gasteiger partial charge in [-0.05, 0) is 49.9 Å². The van der Waals surface area contributed by atoms with Crippen LogP contribution in [0.15, 0.2) is 59.8 Å². The number of thioether (sulfide) groups is 1. The first-order valence-electron chi connectivity index (χ1n) is 10.8. The van der Waals surface area contributed by atoms with Crippen LogP contribution in [0.4, 0.5) is 5.69 Å². The van der Waals surface area contributed by atoms with Crippen LogP contribution in [0.3, 0.4) is 0 Å². The van der Waals surface area contributed by atoms with Gasteiger partial charge >= 0.3 is 0 Å². The lowest BCUT2D eigenvalue weighted by atomic mass is 10.1.